The van der Waals surface area contributed by atoms with Gasteiger partial charge in [0.2, 0.25) is 0 Å². The molecule has 0 aliphatic rings. The smallest absolute Gasteiger partial charge is 0.119 e. The normalized spacial score (nSPS) is 11.0. The van der Waals surface area contributed by atoms with E-state index in [2.05, 4.69) is 37.0 Å². The number of rotatable bonds is 7. The molecule has 0 atom stereocenters. The predicted octanol–water partition coefficient (Wildman–Crippen LogP) is 5.02. The van der Waals surface area contributed by atoms with Gasteiger partial charge in [-0.05, 0) is 30.0 Å². The molecule has 0 amide bonds. The average molecular weight is 310 g/mol. The molecule has 2 aromatic rings. The first-order chi connectivity index (χ1) is 9.69. The number of hydrogen-bond donors (Lipinski definition) is 0. The van der Waals surface area contributed by atoms with Crippen LogP contribution in [0, 0.1) is 0 Å². The van der Waals surface area contributed by atoms with Gasteiger partial charge in [-0.2, -0.15) is 0 Å². The van der Waals surface area contributed by atoms with E-state index in [1.165, 1.54) is 5.56 Å². The van der Waals surface area contributed by atoms with Gasteiger partial charge < -0.3 is 4.74 Å². The molecule has 0 unspecified atom stereocenters. The first-order valence-electron chi connectivity index (χ1n) is 6.91. The minimum absolute atomic E-state index is 0.495. The molecule has 1 heterocycles. The quantitative estimate of drug-likeness (QED) is 0.529. The molecule has 0 saturated carbocycles. The highest BCUT2D eigenvalue weighted by Gasteiger charge is 2.03. The maximum absolute atomic E-state index is 5.80. The van der Waals surface area contributed by atoms with Crippen LogP contribution in [0.4, 0.5) is 0 Å². The molecule has 0 spiro atoms. The third-order valence-electron chi connectivity index (χ3n) is 3.06. The topological polar surface area (TPSA) is 22.1 Å². The van der Waals surface area contributed by atoms with Crippen LogP contribution in [0.25, 0.3) is 0 Å². The first-order valence-corrected chi connectivity index (χ1v) is 8.32. The standard InChI is InChI=1S/C16H20ClNOS/c1-12(2)13-5-3-6-15(9-13)19-8-4-7-16-18-14(10-17)11-20-16/h3,5-6,9,11-12H,4,7-8,10H2,1-2H3. The number of aryl methyl sites for hydroxylation is 1. The van der Waals surface area contributed by atoms with E-state index < -0.39 is 0 Å². The van der Waals surface area contributed by atoms with Gasteiger partial charge in [0, 0.05) is 11.8 Å². The molecular formula is C16H20ClNOS. The Morgan fingerprint density at radius 2 is 2.20 bits per heavy atom. The summed E-state index contributed by atoms with van der Waals surface area (Å²) in [5.74, 6) is 1.98. The van der Waals surface area contributed by atoms with E-state index in [4.69, 9.17) is 16.3 Å². The van der Waals surface area contributed by atoms with E-state index in [0.29, 0.717) is 11.8 Å². The summed E-state index contributed by atoms with van der Waals surface area (Å²) in [6.07, 6.45) is 1.92. The second-order valence-corrected chi connectivity index (χ2v) is 6.26. The Bertz CT molecular complexity index is 539. The molecule has 4 heteroatoms. The van der Waals surface area contributed by atoms with Crippen molar-refractivity contribution in [1.29, 1.82) is 0 Å². The monoisotopic (exact) mass is 309 g/mol. The van der Waals surface area contributed by atoms with E-state index in [9.17, 15) is 0 Å². The highest BCUT2D eigenvalue weighted by molar-refractivity contribution is 7.09. The lowest BCUT2D eigenvalue weighted by molar-refractivity contribution is 0.310. The number of aromatic nitrogens is 1. The Hall–Kier alpha value is -1.06. The molecule has 0 aliphatic heterocycles. The van der Waals surface area contributed by atoms with Crippen LogP contribution in [0.3, 0.4) is 0 Å². The molecule has 0 aliphatic carbocycles. The van der Waals surface area contributed by atoms with E-state index in [-0.39, 0.29) is 0 Å². The number of benzene rings is 1. The van der Waals surface area contributed by atoms with Crippen LogP contribution in [-0.2, 0) is 12.3 Å². The minimum Gasteiger partial charge on any atom is -0.494 e. The number of ether oxygens (including phenoxy) is 1. The summed E-state index contributed by atoms with van der Waals surface area (Å²) in [7, 11) is 0. The van der Waals surface area contributed by atoms with Crippen molar-refractivity contribution in [2.24, 2.45) is 0 Å². The molecule has 1 aromatic carbocycles. The first kappa shape index (κ1) is 15.3. The van der Waals surface area contributed by atoms with Crippen LogP contribution in [-0.4, -0.2) is 11.6 Å². The van der Waals surface area contributed by atoms with Gasteiger partial charge in [-0.25, -0.2) is 4.98 Å². The van der Waals surface area contributed by atoms with Crippen LogP contribution >= 0.6 is 22.9 Å². The maximum Gasteiger partial charge on any atom is 0.119 e. The van der Waals surface area contributed by atoms with Gasteiger partial charge in [0.15, 0.2) is 0 Å². The third-order valence-corrected chi connectivity index (χ3v) is 4.30. The van der Waals surface area contributed by atoms with Crippen molar-refractivity contribution in [3.05, 3.63) is 45.9 Å². The summed E-state index contributed by atoms with van der Waals surface area (Å²) in [4.78, 5) is 4.44. The van der Waals surface area contributed by atoms with Gasteiger partial charge in [0.25, 0.3) is 0 Å². The van der Waals surface area contributed by atoms with Crippen molar-refractivity contribution in [3.8, 4) is 5.75 Å². The predicted molar refractivity (Wildman–Crippen MR) is 86.0 cm³/mol. The fraction of sp³-hybridized carbons (Fsp3) is 0.438. The van der Waals surface area contributed by atoms with Gasteiger partial charge >= 0.3 is 0 Å². The highest BCUT2D eigenvalue weighted by Crippen LogP contribution is 2.20. The van der Waals surface area contributed by atoms with Gasteiger partial charge in [0.1, 0.15) is 5.75 Å². The van der Waals surface area contributed by atoms with E-state index in [1.807, 2.05) is 11.4 Å². The summed E-state index contributed by atoms with van der Waals surface area (Å²) >= 11 is 7.42. The lowest BCUT2D eigenvalue weighted by Gasteiger charge is -2.09. The molecular weight excluding hydrogens is 290 g/mol. The second kappa shape index (κ2) is 7.65. The number of halogens is 1. The van der Waals surface area contributed by atoms with Gasteiger partial charge in [-0.1, -0.05) is 26.0 Å². The van der Waals surface area contributed by atoms with Crippen molar-refractivity contribution >= 4 is 22.9 Å². The zero-order chi connectivity index (χ0) is 14.4. The summed E-state index contributed by atoms with van der Waals surface area (Å²) in [6, 6.07) is 8.33. The summed E-state index contributed by atoms with van der Waals surface area (Å²) in [5.41, 5.74) is 2.28. The summed E-state index contributed by atoms with van der Waals surface area (Å²) in [5, 5.41) is 3.16. The minimum atomic E-state index is 0.495. The number of alkyl halides is 1. The number of thiazole rings is 1. The Morgan fingerprint density at radius 3 is 2.90 bits per heavy atom. The van der Waals surface area contributed by atoms with Crippen LogP contribution in [0.5, 0.6) is 5.75 Å². The molecule has 2 nitrogen and oxygen atoms in total. The van der Waals surface area contributed by atoms with Crippen LogP contribution in [0.15, 0.2) is 29.6 Å². The van der Waals surface area contributed by atoms with Crippen LogP contribution in [0.1, 0.15) is 42.5 Å². The lowest BCUT2D eigenvalue weighted by atomic mass is 10.0. The zero-order valence-corrected chi connectivity index (χ0v) is 13.5. The number of nitrogens with zero attached hydrogens (tertiary/aromatic N) is 1. The molecule has 108 valence electrons. The Balaban J connectivity index is 1.77. The largest absolute Gasteiger partial charge is 0.494 e. The van der Waals surface area contributed by atoms with Crippen LogP contribution < -0.4 is 4.74 Å². The summed E-state index contributed by atoms with van der Waals surface area (Å²) in [6.45, 7) is 5.10. The van der Waals surface area contributed by atoms with Crippen molar-refractivity contribution in [2.75, 3.05) is 6.61 Å². The molecule has 0 saturated heterocycles. The molecule has 0 fully saturated rings. The van der Waals surface area contributed by atoms with Gasteiger partial charge in [-0.15, -0.1) is 22.9 Å². The van der Waals surface area contributed by atoms with Crippen molar-refractivity contribution < 1.29 is 4.74 Å². The van der Waals surface area contributed by atoms with E-state index >= 15 is 0 Å². The second-order valence-electron chi connectivity index (χ2n) is 5.05. The van der Waals surface area contributed by atoms with Crippen molar-refractivity contribution in [2.45, 2.75) is 38.5 Å². The number of hydrogen-bond acceptors (Lipinski definition) is 3. The fourth-order valence-corrected chi connectivity index (χ4v) is 2.97. The highest BCUT2D eigenvalue weighted by atomic mass is 35.5. The third kappa shape index (κ3) is 4.50. The molecule has 20 heavy (non-hydrogen) atoms. The Labute approximate surface area is 129 Å². The van der Waals surface area contributed by atoms with Crippen molar-refractivity contribution in [1.82, 2.24) is 4.98 Å². The van der Waals surface area contributed by atoms with E-state index in [0.717, 1.165) is 35.9 Å². The molecule has 0 bridgehead atoms. The van der Waals surface area contributed by atoms with Gasteiger partial charge in [-0.3, -0.25) is 0 Å². The molecule has 0 radical (unpaired) electrons. The maximum atomic E-state index is 5.80. The fourth-order valence-electron chi connectivity index (χ4n) is 1.90. The van der Waals surface area contributed by atoms with Gasteiger partial charge in [0.05, 0.1) is 23.2 Å². The molecule has 1 aromatic heterocycles. The summed E-state index contributed by atoms with van der Waals surface area (Å²) < 4.78 is 5.80. The van der Waals surface area contributed by atoms with E-state index in [1.54, 1.807) is 11.3 Å². The molecule has 2 rings (SSSR count). The Morgan fingerprint density at radius 1 is 1.35 bits per heavy atom. The van der Waals surface area contributed by atoms with Crippen LogP contribution in [0.2, 0.25) is 0 Å². The Kier molecular flexibility index (Phi) is 5.86. The molecule has 0 N–H and O–H groups in total. The zero-order valence-electron chi connectivity index (χ0n) is 11.9. The SMILES string of the molecule is CC(C)c1cccc(OCCCc2nc(CCl)cs2)c1. The van der Waals surface area contributed by atoms with Crippen molar-refractivity contribution in [3.63, 3.8) is 0 Å². The average Bonchev–Trinajstić information content (AvgIpc) is 2.92. The lowest BCUT2D eigenvalue weighted by Crippen LogP contribution is -2.00.